The van der Waals surface area contributed by atoms with Gasteiger partial charge in [-0.1, -0.05) is 13.0 Å². The molecule has 0 aliphatic carbocycles. The van der Waals surface area contributed by atoms with Gasteiger partial charge in [-0.05, 0) is 35.7 Å². The first kappa shape index (κ1) is 18.1. The maximum Gasteiger partial charge on any atom is 0.308 e. The van der Waals surface area contributed by atoms with Crippen LogP contribution >= 0.6 is 0 Å². The molecule has 144 valence electrons. The zero-order chi connectivity index (χ0) is 19.7. The minimum Gasteiger partial charge on any atom is -0.490 e. The van der Waals surface area contributed by atoms with Crippen molar-refractivity contribution >= 4 is 16.9 Å². The molecule has 0 spiro atoms. The Balaban J connectivity index is 1.83. The van der Waals surface area contributed by atoms with Crippen LogP contribution in [0.2, 0.25) is 0 Å². The van der Waals surface area contributed by atoms with Crippen molar-refractivity contribution < 1.29 is 23.4 Å². The first-order chi connectivity index (χ1) is 13.6. The van der Waals surface area contributed by atoms with Crippen molar-refractivity contribution in [2.75, 3.05) is 13.2 Å². The largest absolute Gasteiger partial charge is 0.490 e. The van der Waals surface area contributed by atoms with E-state index in [4.69, 9.17) is 18.6 Å². The van der Waals surface area contributed by atoms with Crippen molar-refractivity contribution in [2.24, 2.45) is 0 Å². The summed E-state index contributed by atoms with van der Waals surface area (Å²) < 4.78 is 22.3. The highest BCUT2D eigenvalue weighted by molar-refractivity contribution is 5.85. The lowest BCUT2D eigenvalue weighted by atomic mass is 10.0. The highest BCUT2D eigenvalue weighted by atomic mass is 16.5. The van der Waals surface area contributed by atoms with Crippen LogP contribution in [0.3, 0.4) is 0 Å². The summed E-state index contributed by atoms with van der Waals surface area (Å²) in [7, 11) is 0. The number of hydrogen-bond donors (Lipinski definition) is 0. The molecule has 6 nitrogen and oxygen atoms in total. The van der Waals surface area contributed by atoms with Gasteiger partial charge in [0.15, 0.2) is 11.5 Å². The van der Waals surface area contributed by atoms with Crippen molar-refractivity contribution in [3.8, 4) is 28.4 Å². The molecule has 2 heterocycles. The molecule has 6 heteroatoms. The third-order valence-electron chi connectivity index (χ3n) is 4.65. The van der Waals surface area contributed by atoms with Crippen LogP contribution < -0.4 is 19.6 Å². The van der Waals surface area contributed by atoms with Crippen LogP contribution in [0.15, 0.2) is 45.8 Å². The van der Waals surface area contributed by atoms with Gasteiger partial charge in [0.2, 0.25) is 5.43 Å². The molecule has 0 atom stereocenters. The molecule has 3 aromatic rings. The third kappa shape index (κ3) is 3.33. The molecule has 0 amide bonds. The molecule has 0 fully saturated rings. The van der Waals surface area contributed by atoms with E-state index in [1.165, 1.54) is 13.2 Å². The Morgan fingerprint density at radius 3 is 2.64 bits per heavy atom. The number of carbonyl (C=O) groups excluding carboxylic acids is 1. The normalized spacial score (nSPS) is 13.2. The summed E-state index contributed by atoms with van der Waals surface area (Å²) in [6.07, 6.45) is 2.85. The van der Waals surface area contributed by atoms with Gasteiger partial charge in [0, 0.05) is 19.4 Å². The maximum atomic E-state index is 13.1. The fourth-order valence-electron chi connectivity index (χ4n) is 3.26. The Bertz CT molecular complexity index is 1110. The summed E-state index contributed by atoms with van der Waals surface area (Å²) >= 11 is 0. The summed E-state index contributed by atoms with van der Waals surface area (Å²) in [6, 6.07) is 8.74. The van der Waals surface area contributed by atoms with Crippen LogP contribution in [0.5, 0.6) is 17.2 Å². The Morgan fingerprint density at radius 1 is 1.11 bits per heavy atom. The molecule has 28 heavy (non-hydrogen) atoms. The van der Waals surface area contributed by atoms with Gasteiger partial charge >= 0.3 is 5.97 Å². The van der Waals surface area contributed by atoms with Crippen molar-refractivity contribution in [1.82, 2.24) is 0 Å². The van der Waals surface area contributed by atoms with Gasteiger partial charge in [0.05, 0.1) is 24.2 Å². The van der Waals surface area contributed by atoms with Gasteiger partial charge in [0.25, 0.3) is 0 Å². The molecule has 1 aliphatic heterocycles. The quantitative estimate of drug-likeness (QED) is 0.503. The van der Waals surface area contributed by atoms with Gasteiger partial charge in [-0.2, -0.15) is 0 Å². The Hall–Kier alpha value is -3.28. The number of carbonyl (C=O) groups is 1. The molecule has 0 saturated carbocycles. The lowest BCUT2D eigenvalue weighted by Gasteiger charge is -2.11. The number of esters is 1. The van der Waals surface area contributed by atoms with Gasteiger partial charge in [-0.3, -0.25) is 9.59 Å². The summed E-state index contributed by atoms with van der Waals surface area (Å²) in [4.78, 5) is 24.5. The van der Waals surface area contributed by atoms with E-state index in [0.29, 0.717) is 59.0 Å². The Labute approximate surface area is 161 Å². The number of aryl methyl sites for hydroxylation is 1. The third-order valence-corrected chi connectivity index (χ3v) is 4.65. The molecule has 0 unspecified atom stereocenters. The number of ether oxygens (including phenoxy) is 3. The molecule has 0 saturated heterocycles. The zero-order valence-electron chi connectivity index (χ0n) is 15.7. The molecule has 1 aliphatic rings. The summed E-state index contributed by atoms with van der Waals surface area (Å²) in [5.41, 5.74) is 2.12. The molecule has 2 aromatic carbocycles. The van der Waals surface area contributed by atoms with Crippen LogP contribution in [0.25, 0.3) is 22.1 Å². The second-order valence-electron chi connectivity index (χ2n) is 6.59. The average molecular weight is 380 g/mol. The minimum atomic E-state index is -0.416. The van der Waals surface area contributed by atoms with E-state index < -0.39 is 5.97 Å². The number of fused-ring (bicyclic) bond motifs is 2. The summed E-state index contributed by atoms with van der Waals surface area (Å²) in [5.74, 6) is 1.29. The highest BCUT2D eigenvalue weighted by Crippen LogP contribution is 2.34. The zero-order valence-corrected chi connectivity index (χ0v) is 15.7. The van der Waals surface area contributed by atoms with E-state index in [1.807, 2.05) is 13.0 Å². The second kappa shape index (κ2) is 7.38. The van der Waals surface area contributed by atoms with Crippen LogP contribution in [0.1, 0.15) is 25.8 Å². The topological polar surface area (TPSA) is 75.0 Å². The number of benzene rings is 2. The van der Waals surface area contributed by atoms with Crippen LogP contribution in [0, 0.1) is 0 Å². The minimum absolute atomic E-state index is 0.153. The first-order valence-electron chi connectivity index (χ1n) is 9.23. The van der Waals surface area contributed by atoms with Gasteiger partial charge < -0.3 is 18.6 Å². The van der Waals surface area contributed by atoms with Crippen molar-refractivity contribution in [3.05, 3.63) is 52.4 Å². The van der Waals surface area contributed by atoms with Crippen molar-refractivity contribution in [1.29, 1.82) is 0 Å². The second-order valence-corrected chi connectivity index (χ2v) is 6.59. The molecular weight excluding hydrogens is 360 g/mol. The van der Waals surface area contributed by atoms with Crippen LogP contribution in [-0.4, -0.2) is 19.2 Å². The van der Waals surface area contributed by atoms with E-state index in [9.17, 15) is 9.59 Å². The maximum absolute atomic E-state index is 13.1. The van der Waals surface area contributed by atoms with E-state index in [1.54, 1.807) is 24.3 Å². The van der Waals surface area contributed by atoms with E-state index in [0.717, 1.165) is 12.0 Å². The highest BCUT2D eigenvalue weighted by Gasteiger charge is 2.16. The van der Waals surface area contributed by atoms with Crippen LogP contribution in [-0.2, 0) is 11.2 Å². The van der Waals surface area contributed by atoms with Crippen molar-refractivity contribution in [2.45, 2.75) is 26.7 Å². The monoisotopic (exact) mass is 380 g/mol. The predicted octanol–water partition coefficient (Wildman–Crippen LogP) is 4.11. The summed E-state index contributed by atoms with van der Waals surface area (Å²) in [6.45, 7) is 4.45. The molecule has 1 aromatic heterocycles. The molecule has 0 N–H and O–H groups in total. The molecular formula is C22H20O6. The fourth-order valence-corrected chi connectivity index (χ4v) is 3.26. The predicted molar refractivity (Wildman–Crippen MR) is 104 cm³/mol. The van der Waals surface area contributed by atoms with Gasteiger partial charge in [-0.25, -0.2) is 0 Å². The number of hydrogen-bond acceptors (Lipinski definition) is 6. The van der Waals surface area contributed by atoms with Crippen molar-refractivity contribution in [3.63, 3.8) is 0 Å². The average Bonchev–Trinajstić information content (AvgIpc) is 2.92. The molecule has 4 rings (SSSR count). The van der Waals surface area contributed by atoms with Crippen LogP contribution in [0.4, 0.5) is 0 Å². The molecule has 0 radical (unpaired) electrons. The van der Waals surface area contributed by atoms with Gasteiger partial charge in [-0.15, -0.1) is 0 Å². The lowest BCUT2D eigenvalue weighted by molar-refractivity contribution is -0.131. The SMILES string of the molecule is CCc1cc2c(=O)c(-c3ccc4c(c3)OCCCO4)coc2cc1OC(C)=O. The standard InChI is InChI=1S/C22H20O6/c1-3-14-9-16-20(11-19(14)28-13(2)23)27-12-17(22(16)24)15-5-6-18-21(10-15)26-8-4-7-25-18/h5-6,9-12H,3-4,7-8H2,1-2H3. The Morgan fingerprint density at radius 2 is 1.89 bits per heavy atom. The first-order valence-corrected chi connectivity index (χ1v) is 9.23. The molecule has 0 bridgehead atoms. The Kier molecular flexibility index (Phi) is 4.77. The smallest absolute Gasteiger partial charge is 0.308 e. The van der Waals surface area contributed by atoms with Gasteiger partial charge in [0.1, 0.15) is 17.6 Å². The van der Waals surface area contributed by atoms with E-state index >= 15 is 0 Å². The summed E-state index contributed by atoms with van der Waals surface area (Å²) in [5, 5.41) is 0.442. The van der Waals surface area contributed by atoms with E-state index in [-0.39, 0.29) is 5.43 Å². The van der Waals surface area contributed by atoms with E-state index in [2.05, 4.69) is 0 Å². The fraction of sp³-hybridized carbons (Fsp3) is 0.273. The lowest BCUT2D eigenvalue weighted by Crippen LogP contribution is -2.08. The number of rotatable bonds is 3.